The molecule has 4 aliphatic rings. The van der Waals surface area contributed by atoms with E-state index in [1.54, 1.807) is 4.68 Å². The van der Waals surface area contributed by atoms with Gasteiger partial charge in [0.25, 0.3) is 0 Å². The number of likely N-dealkylation sites (tertiary alicyclic amines) is 1. The first kappa shape index (κ1) is 28.5. The summed E-state index contributed by atoms with van der Waals surface area (Å²) in [4.78, 5) is 39.6. The summed E-state index contributed by atoms with van der Waals surface area (Å²) in [5.74, 6) is 3.37. The van der Waals surface area contributed by atoms with Crippen LogP contribution in [-0.4, -0.2) is 91.6 Å². The number of nitrogens with zero attached hydrogens (tertiary/aromatic N) is 6. The fourth-order valence-corrected chi connectivity index (χ4v) is 7.17. The fourth-order valence-electron chi connectivity index (χ4n) is 6.27. The van der Waals surface area contributed by atoms with Crippen molar-refractivity contribution in [2.45, 2.75) is 33.2 Å². The van der Waals surface area contributed by atoms with Crippen LogP contribution in [0.15, 0.2) is 42.4 Å². The van der Waals surface area contributed by atoms with Crippen molar-refractivity contribution in [1.82, 2.24) is 40.2 Å². The number of hydrogen-bond acceptors (Lipinski definition) is 9. The van der Waals surface area contributed by atoms with Gasteiger partial charge in [0.2, 0.25) is 17.8 Å². The van der Waals surface area contributed by atoms with Gasteiger partial charge in [-0.25, -0.2) is 9.97 Å². The highest BCUT2D eigenvalue weighted by Crippen LogP contribution is 2.46. The second kappa shape index (κ2) is 11.6. The molecule has 42 heavy (non-hydrogen) atoms. The average Bonchev–Trinajstić information content (AvgIpc) is 3.67. The van der Waals surface area contributed by atoms with Crippen molar-refractivity contribution in [1.29, 1.82) is 0 Å². The third kappa shape index (κ3) is 5.57. The highest BCUT2D eigenvalue weighted by Gasteiger charge is 2.45. The number of aromatic nitrogens is 4. The van der Waals surface area contributed by atoms with E-state index in [1.807, 2.05) is 68.2 Å². The molecular weight excluding hydrogens is 550 g/mol. The predicted octanol–water partition coefficient (Wildman–Crippen LogP) is 2.36. The quantitative estimate of drug-likeness (QED) is 0.447. The van der Waals surface area contributed by atoms with Crippen LogP contribution < -0.4 is 16.0 Å². The first-order valence-corrected chi connectivity index (χ1v) is 15.7. The molecule has 6 rings (SSSR count). The highest BCUT2D eigenvalue weighted by molar-refractivity contribution is 7.99. The first-order valence-electron chi connectivity index (χ1n) is 14.6. The molecule has 3 N–H and O–H groups in total. The molecule has 0 radical (unpaired) electrons. The number of amides is 2. The maximum Gasteiger partial charge on any atom is 0.238 e. The molecule has 0 aromatic carbocycles. The summed E-state index contributed by atoms with van der Waals surface area (Å²) in [5, 5.41) is 14.4. The van der Waals surface area contributed by atoms with Crippen molar-refractivity contribution in [2.75, 3.05) is 49.5 Å². The molecule has 2 fully saturated rings. The largest absolute Gasteiger partial charge is 0.381 e. The Balaban J connectivity index is 1.09. The molecular formula is C30H39N9O2S. The minimum Gasteiger partial charge on any atom is -0.381 e. The van der Waals surface area contributed by atoms with Crippen molar-refractivity contribution in [3.8, 4) is 0 Å². The number of carbonyl (C=O) groups is 2. The third-order valence-electron chi connectivity index (χ3n) is 8.78. The van der Waals surface area contributed by atoms with E-state index in [9.17, 15) is 9.59 Å². The van der Waals surface area contributed by atoms with Gasteiger partial charge in [0.15, 0.2) is 5.82 Å². The van der Waals surface area contributed by atoms with E-state index >= 15 is 0 Å². The number of nitrogens with one attached hydrogen (secondary N) is 3. The van der Waals surface area contributed by atoms with E-state index in [0.717, 1.165) is 65.8 Å². The van der Waals surface area contributed by atoms with Crippen LogP contribution >= 0.6 is 11.8 Å². The van der Waals surface area contributed by atoms with Crippen LogP contribution in [0.1, 0.15) is 30.3 Å². The van der Waals surface area contributed by atoms with Crippen LogP contribution in [-0.2, 0) is 16.6 Å². The fraction of sp³-hybridized carbons (Fsp3) is 0.500. The van der Waals surface area contributed by atoms with Crippen LogP contribution in [0.25, 0.3) is 5.57 Å². The van der Waals surface area contributed by atoms with Crippen molar-refractivity contribution in [3.05, 3.63) is 59.3 Å². The Hall–Kier alpha value is -3.64. The summed E-state index contributed by atoms with van der Waals surface area (Å²) < 4.78 is 1.80. The summed E-state index contributed by atoms with van der Waals surface area (Å²) in [6.07, 6.45) is 10.8. The van der Waals surface area contributed by atoms with E-state index in [0.29, 0.717) is 18.3 Å². The number of fused-ring (bicyclic) bond motifs is 1. The lowest BCUT2D eigenvalue weighted by molar-refractivity contribution is -0.135. The van der Waals surface area contributed by atoms with Crippen LogP contribution in [0, 0.1) is 25.2 Å². The van der Waals surface area contributed by atoms with Gasteiger partial charge in [-0.2, -0.15) is 16.9 Å². The lowest BCUT2D eigenvalue weighted by Gasteiger charge is -2.35. The molecule has 2 saturated heterocycles. The van der Waals surface area contributed by atoms with Crippen molar-refractivity contribution in [2.24, 2.45) is 18.4 Å². The minimum atomic E-state index is -0.423. The Bertz CT molecular complexity index is 1460. The van der Waals surface area contributed by atoms with Crippen molar-refractivity contribution in [3.63, 3.8) is 0 Å². The summed E-state index contributed by atoms with van der Waals surface area (Å²) in [6.45, 7) is 9.50. The SMILES string of the molecule is Cc1cnc(Nc2cc(C)n(C)n2)nc1C1=CNC2C(NC(=O)CN3CC[C@@H](C(=O)N4CCSCC4)C3)=CC=CC12C. The van der Waals surface area contributed by atoms with E-state index < -0.39 is 5.41 Å². The minimum absolute atomic E-state index is 0.0125. The van der Waals surface area contributed by atoms with Gasteiger partial charge in [-0.15, -0.1) is 0 Å². The zero-order chi connectivity index (χ0) is 29.4. The first-order chi connectivity index (χ1) is 20.2. The number of allylic oxidation sites excluding steroid dienone is 2. The molecule has 3 aliphatic heterocycles. The van der Waals surface area contributed by atoms with Crippen LogP contribution in [0.4, 0.5) is 11.8 Å². The smallest absolute Gasteiger partial charge is 0.238 e. The van der Waals surface area contributed by atoms with Crippen LogP contribution in [0.3, 0.4) is 0 Å². The third-order valence-corrected chi connectivity index (χ3v) is 9.72. The van der Waals surface area contributed by atoms with Crippen molar-refractivity contribution < 1.29 is 9.59 Å². The molecule has 0 saturated carbocycles. The molecule has 0 bridgehead atoms. The van der Waals surface area contributed by atoms with Gasteiger partial charge in [0.1, 0.15) is 0 Å². The van der Waals surface area contributed by atoms with Crippen molar-refractivity contribution >= 4 is 40.9 Å². The lowest BCUT2D eigenvalue weighted by Crippen LogP contribution is -2.46. The molecule has 12 heteroatoms. The van der Waals surface area contributed by atoms with Gasteiger partial charge in [0, 0.05) is 79.0 Å². The van der Waals surface area contributed by atoms with E-state index in [-0.39, 0.29) is 30.3 Å². The standard InChI is InChI=1S/C30H39N9O2S/c1-19-15-32-29(34-24-14-20(2)37(4)36-24)35-26(19)22-16-31-27-23(6-5-8-30(22,27)3)33-25(40)18-38-9-7-21(17-38)28(41)39-10-12-42-13-11-39/h5-6,8,14-16,21,27,31H,7,9-13,17-18H2,1-4H3,(H,33,40)(H,32,34,35,36)/t21-,27?,30?/m1/s1. The van der Waals surface area contributed by atoms with Crippen LogP contribution in [0.2, 0.25) is 0 Å². The second-order valence-electron chi connectivity index (χ2n) is 11.8. The Morgan fingerprint density at radius 1 is 1.21 bits per heavy atom. The molecule has 3 atom stereocenters. The summed E-state index contributed by atoms with van der Waals surface area (Å²) in [5.41, 5.74) is 4.26. The summed E-state index contributed by atoms with van der Waals surface area (Å²) in [7, 11) is 1.90. The zero-order valence-corrected chi connectivity index (χ0v) is 25.5. The van der Waals surface area contributed by atoms with Gasteiger partial charge in [-0.05, 0) is 45.4 Å². The molecule has 0 spiro atoms. The summed E-state index contributed by atoms with van der Waals surface area (Å²) >= 11 is 1.90. The summed E-state index contributed by atoms with van der Waals surface area (Å²) in [6, 6.07) is 1.81. The van der Waals surface area contributed by atoms with Gasteiger partial charge in [0.05, 0.1) is 24.2 Å². The monoisotopic (exact) mass is 589 g/mol. The number of hydrogen-bond donors (Lipinski definition) is 3. The predicted molar refractivity (Wildman–Crippen MR) is 165 cm³/mol. The van der Waals surface area contributed by atoms with Gasteiger partial charge >= 0.3 is 0 Å². The van der Waals surface area contributed by atoms with Gasteiger partial charge < -0.3 is 20.9 Å². The number of thioether (sulfide) groups is 1. The molecule has 11 nitrogen and oxygen atoms in total. The Kier molecular flexibility index (Phi) is 7.84. The molecule has 1 aliphatic carbocycles. The Morgan fingerprint density at radius 2 is 2.02 bits per heavy atom. The topological polar surface area (TPSA) is 120 Å². The molecule has 2 aromatic rings. The second-order valence-corrected chi connectivity index (χ2v) is 13.0. The zero-order valence-electron chi connectivity index (χ0n) is 24.7. The van der Waals surface area contributed by atoms with Gasteiger partial charge in [-0.1, -0.05) is 12.2 Å². The highest BCUT2D eigenvalue weighted by atomic mass is 32.2. The Labute approximate surface area is 250 Å². The maximum atomic E-state index is 13.2. The molecule has 2 unspecified atom stereocenters. The normalized spacial score (nSPS) is 25.5. The van der Waals surface area contributed by atoms with Gasteiger partial charge in [-0.3, -0.25) is 19.2 Å². The van der Waals surface area contributed by atoms with E-state index in [2.05, 4.69) is 43.9 Å². The molecule has 2 aromatic heterocycles. The number of aryl methyl sites for hydroxylation is 3. The Morgan fingerprint density at radius 3 is 2.79 bits per heavy atom. The van der Waals surface area contributed by atoms with E-state index in [4.69, 9.17) is 4.98 Å². The molecule has 5 heterocycles. The maximum absolute atomic E-state index is 13.2. The molecule has 2 amide bonds. The van der Waals surface area contributed by atoms with Crippen LogP contribution in [0.5, 0.6) is 0 Å². The number of anilines is 2. The van der Waals surface area contributed by atoms with E-state index in [1.165, 1.54) is 0 Å². The lowest BCUT2D eigenvalue weighted by atomic mass is 9.73. The molecule has 222 valence electrons. The average molecular weight is 590 g/mol. The number of carbonyl (C=O) groups excluding carboxylic acids is 2. The number of rotatable bonds is 7.